The average molecular weight is 180 g/mol. The van der Waals surface area contributed by atoms with Crippen LogP contribution < -0.4 is 0 Å². The molecule has 1 rings (SSSR count). The summed E-state index contributed by atoms with van der Waals surface area (Å²) < 4.78 is 0. The van der Waals surface area contributed by atoms with Crippen molar-refractivity contribution in [2.45, 2.75) is 0 Å². The third-order valence-corrected chi connectivity index (χ3v) is 1.76. The van der Waals surface area contributed by atoms with Crippen LogP contribution in [0.4, 0.5) is 0 Å². The molecule has 2 heteroatoms. The van der Waals surface area contributed by atoms with Crippen molar-refractivity contribution in [2.24, 2.45) is 0 Å². The van der Waals surface area contributed by atoms with E-state index in [0.29, 0.717) is 5.57 Å². The molecule has 0 saturated carbocycles. The van der Waals surface area contributed by atoms with E-state index in [9.17, 15) is 0 Å². The first-order valence-corrected chi connectivity index (χ1v) is 4.03. The van der Waals surface area contributed by atoms with Gasteiger partial charge >= 0.3 is 0 Å². The maximum absolute atomic E-state index is 8.72. The Bertz CT molecular complexity index is 425. The van der Waals surface area contributed by atoms with E-state index >= 15 is 0 Å². The zero-order valence-electron chi connectivity index (χ0n) is 7.57. The van der Waals surface area contributed by atoms with Gasteiger partial charge < -0.3 is 0 Å². The zero-order valence-corrected chi connectivity index (χ0v) is 7.57. The van der Waals surface area contributed by atoms with Gasteiger partial charge in [0.05, 0.1) is 12.6 Å². The SMILES string of the molecule is [C-]#[N+]/C(C#N)=C(\C=C)c1ccccc1. The number of nitriles is 1. The fourth-order valence-electron chi connectivity index (χ4n) is 1.11. The van der Waals surface area contributed by atoms with Crippen molar-refractivity contribution in [1.29, 1.82) is 5.26 Å². The quantitative estimate of drug-likeness (QED) is 0.390. The van der Waals surface area contributed by atoms with Crippen LogP contribution in [0, 0.1) is 17.9 Å². The predicted molar refractivity (Wildman–Crippen MR) is 55.8 cm³/mol. The summed E-state index contributed by atoms with van der Waals surface area (Å²) in [6.07, 6.45) is 1.53. The average Bonchev–Trinajstić information content (AvgIpc) is 2.27. The fraction of sp³-hybridized carbons (Fsp3) is 0. The molecular formula is C12H8N2. The van der Waals surface area contributed by atoms with Gasteiger partial charge in [0.25, 0.3) is 5.70 Å². The van der Waals surface area contributed by atoms with Crippen LogP contribution in [-0.2, 0) is 0 Å². The molecule has 0 aliphatic rings. The van der Waals surface area contributed by atoms with Gasteiger partial charge in [0.15, 0.2) is 0 Å². The van der Waals surface area contributed by atoms with Crippen molar-refractivity contribution in [2.75, 3.05) is 0 Å². The smallest absolute Gasteiger partial charge is 0.226 e. The lowest BCUT2D eigenvalue weighted by atomic mass is 10.0. The van der Waals surface area contributed by atoms with E-state index in [1.165, 1.54) is 6.08 Å². The number of allylic oxidation sites excluding steroid dienone is 3. The normalized spacial score (nSPS) is 10.7. The van der Waals surface area contributed by atoms with Gasteiger partial charge in [-0.15, -0.1) is 0 Å². The van der Waals surface area contributed by atoms with E-state index in [1.807, 2.05) is 36.4 Å². The molecule has 0 aliphatic carbocycles. The van der Waals surface area contributed by atoms with E-state index in [-0.39, 0.29) is 5.70 Å². The molecule has 2 nitrogen and oxygen atoms in total. The Kier molecular flexibility index (Phi) is 3.24. The van der Waals surface area contributed by atoms with Crippen LogP contribution in [0.15, 0.2) is 48.7 Å². The van der Waals surface area contributed by atoms with Crippen LogP contribution in [0.5, 0.6) is 0 Å². The number of benzene rings is 1. The summed E-state index contributed by atoms with van der Waals surface area (Å²) in [5.74, 6) is 0. The van der Waals surface area contributed by atoms with Gasteiger partial charge in [-0.1, -0.05) is 43.0 Å². The molecule has 0 amide bonds. The highest BCUT2D eigenvalue weighted by atomic mass is 14.7. The molecule has 0 aromatic heterocycles. The van der Waals surface area contributed by atoms with E-state index in [2.05, 4.69) is 11.4 Å². The summed E-state index contributed by atoms with van der Waals surface area (Å²) in [4.78, 5) is 3.15. The number of nitrogens with zero attached hydrogens (tertiary/aromatic N) is 2. The van der Waals surface area contributed by atoms with E-state index < -0.39 is 0 Å². The predicted octanol–water partition coefficient (Wildman–Crippen LogP) is 3.03. The Balaban J connectivity index is 3.33. The third-order valence-electron chi connectivity index (χ3n) is 1.76. The third kappa shape index (κ3) is 1.88. The van der Waals surface area contributed by atoms with Crippen molar-refractivity contribution in [3.63, 3.8) is 0 Å². The van der Waals surface area contributed by atoms with E-state index in [0.717, 1.165) is 5.56 Å². The molecule has 66 valence electrons. The van der Waals surface area contributed by atoms with Gasteiger partial charge in [0.2, 0.25) is 0 Å². The summed E-state index contributed by atoms with van der Waals surface area (Å²) >= 11 is 0. The monoisotopic (exact) mass is 180 g/mol. The number of rotatable bonds is 2. The van der Waals surface area contributed by atoms with Crippen LogP contribution in [0.2, 0.25) is 0 Å². The van der Waals surface area contributed by atoms with Crippen molar-refractivity contribution >= 4 is 5.57 Å². The molecule has 1 aromatic rings. The molecule has 1 aromatic carbocycles. The van der Waals surface area contributed by atoms with Crippen LogP contribution >= 0.6 is 0 Å². The minimum atomic E-state index is 0.0752. The van der Waals surface area contributed by atoms with Gasteiger partial charge in [-0.25, -0.2) is 10.1 Å². The van der Waals surface area contributed by atoms with E-state index in [1.54, 1.807) is 0 Å². The lowest BCUT2D eigenvalue weighted by molar-refractivity contribution is 1.49. The van der Waals surface area contributed by atoms with Gasteiger partial charge in [0, 0.05) is 0 Å². The van der Waals surface area contributed by atoms with Crippen LogP contribution in [-0.4, -0.2) is 0 Å². The van der Waals surface area contributed by atoms with Gasteiger partial charge in [0.1, 0.15) is 0 Å². The largest absolute Gasteiger partial charge is 0.269 e. The summed E-state index contributed by atoms with van der Waals surface area (Å²) in [7, 11) is 0. The molecule has 0 saturated heterocycles. The molecule has 0 unspecified atom stereocenters. The van der Waals surface area contributed by atoms with E-state index in [4.69, 9.17) is 11.8 Å². The van der Waals surface area contributed by atoms with Crippen molar-refractivity contribution in [3.05, 3.63) is 65.7 Å². The van der Waals surface area contributed by atoms with Crippen molar-refractivity contribution < 1.29 is 0 Å². The van der Waals surface area contributed by atoms with Gasteiger partial charge in [-0.05, 0) is 11.1 Å². The van der Waals surface area contributed by atoms with Crippen LogP contribution in [0.1, 0.15) is 5.56 Å². The Morgan fingerprint density at radius 1 is 1.43 bits per heavy atom. The highest BCUT2D eigenvalue weighted by Gasteiger charge is 2.04. The lowest BCUT2D eigenvalue weighted by Crippen LogP contribution is -1.83. The molecule has 0 spiro atoms. The molecule has 0 radical (unpaired) electrons. The lowest BCUT2D eigenvalue weighted by Gasteiger charge is -2.00. The summed E-state index contributed by atoms with van der Waals surface area (Å²) in [6, 6.07) is 11.1. The first-order valence-electron chi connectivity index (χ1n) is 4.03. The highest BCUT2D eigenvalue weighted by Crippen LogP contribution is 2.19. The molecule has 0 fully saturated rings. The zero-order chi connectivity index (χ0) is 10.4. The Morgan fingerprint density at radius 3 is 2.50 bits per heavy atom. The second-order valence-electron chi connectivity index (χ2n) is 2.56. The minimum Gasteiger partial charge on any atom is -0.226 e. The highest BCUT2D eigenvalue weighted by molar-refractivity contribution is 5.79. The second-order valence-corrected chi connectivity index (χ2v) is 2.56. The molecule has 0 aliphatic heterocycles. The first-order chi connectivity index (χ1) is 6.83. The number of hydrogen-bond donors (Lipinski definition) is 0. The molecule has 0 N–H and O–H groups in total. The Morgan fingerprint density at radius 2 is 2.07 bits per heavy atom. The Labute approximate surface area is 83.2 Å². The maximum atomic E-state index is 8.72. The van der Waals surface area contributed by atoms with Crippen LogP contribution in [0.25, 0.3) is 10.4 Å². The Hall–Kier alpha value is -2.32. The second kappa shape index (κ2) is 4.64. The van der Waals surface area contributed by atoms with Crippen molar-refractivity contribution in [3.8, 4) is 6.07 Å². The number of hydrogen-bond acceptors (Lipinski definition) is 1. The van der Waals surface area contributed by atoms with Gasteiger partial charge in [-0.3, -0.25) is 0 Å². The molecule has 0 bridgehead atoms. The van der Waals surface area contributed by atoms with Gasteiger partial charge in [-0.2, -0.15) is 0 Å². The molecule has 14 heavy (non-hydrogen) atoms. The molecular weight excluding hydrogens is 172 g/mol. The standard InChI is InChI=1S/C12H8N2/c1-3-11(12(9-13)14-2)10-7-5-4-6-8-10/h3-8H,1H2/b12-11+. The molecule has 0 heterocycles. The summed E-state index contributed by atoms with van der Waals surface area (Å²) in [6.45, 7) is 10.4. The fourth-order valence-corrected chi connectivity index (χ4v) is 1.11. The van der Waals surface area contributed by atoms with Crippen LogP contribution in [0.3, 0.4) is 0 Å². The maximum Gasteiger partial charge on any atom is 0.269 e. The first kappa shape index (κ1) is 9.77. The topological polar surface area (TPSA) is 28.1 Å². The molecule has 0 atom stereocenters. The summed E-state index contributed by atoms with van der Waals surface area (Å²) in [5.41, 5.74) is 1.50. The van der Waals surface area contributed by atoms with Crippen molar-refractivity contribution in [1.82, 2.24) is 0 Å². The minimum absolute atomic E-state index is 0.0752. The summed E-state index contributed by atoms with van der Waals surface area (Å²) in [5, 5.41) is 8.72.